The van der Waals surface area contributed by atoms with E-state index < -0.39 is 0 Å². The molecule has 0 spiro atoms. The van der Waals surface area contributed by atoms with Gasteiger partial charge in [-0.3, -0.25) is 0 Å². The van der Waals surface area contributed by atoms with Crippen molar-refractivity contribution >= 4 is 37.7 Å². The van der Waals surface area contributed by atoms with E-state index in [9.17, 15) is 4.39 Å². The molecule has 0 aliphatic heterocycles. The first-order valence-electron chi connectivity index (χ1n) is 6.26. The molecule has 1 heterocycles. The lowest BCUT2D eigenvalue weighted by Crippen LogP contribution is -2.06. The zero-order valence-electron chi connectivity index (χ0n) is 11.2. The van der Waals surface area contributed by atoms with Gasteiger partial charge in [-0.15, -0.1) is 0 Å². The van der Waals surface area contributed by atoms with Gasteiger partial charge in [-0.05, 0) is 63.4 Å². The van der Waals surface area contributed by atoms with Crippen LogP contribution in [0.25, 0.3) is 11.4 Å². The van der Waals surface area contributed by atoms with Crippen LogP contribution in [0.5, 0.6) is 0 Å². The summed E-state index contributed by atoms with van der Waals surface area (Å²) in [5.41, 5.74) is 1.61. The molecular formula is C14H14Br2FN3. The number of hydrogen-bond donors (Lipinski definition) is 1. The first kappa shape index (κ1) is 15.4. The van der Waals surface area contributed by atoms with Gasteiger partial charge in [0.15, 0.2) is 5.82 Å². The Morgan fingerprint density at radius 3 is 2.65 bits per heavy atom. The summed E-state index contributed by atoms with van der Waals surface area (Å²) in [6.45, 7) is 4.83. The van der Waals surface area contributed by atoms with Crippen LogP contribution in [-0.4, -0.2) is 16.5 Å². The summed E-state index contributed by atoms with van der Waals surface area (Å²) in [5, 5.41) is 3.26. The number of nitrogens with zero attached hydrogens (tertiary/aromatic N) is 2. The fourth-order valence-electron chi connectivity index (χ4n) is 1.68. The van der Waals surface area contributed by atoms with E-state index in [2.05, 4.69) is 54.1 Å². The molecule has 6 heteroatoms. The number of aryl methyl sites for hydroxylation is 1. The molecule has 1 aromatic heterocycles. The van der Waals surface area contributed by atoms with Gasteiger partial charge in [0.1, 0.15) is 11.6 Å². The van der Waals surface area contributed by atoms with Crippen molar-refractivity contribution in [1.82, 2.24) is 9.97 Å². The van der Waals surface area contributed by atoms with Crippen LogP contribution in [0.2, 0.25) is 0 Å². The van der Waals surface area contributed by atoms with Gasteiger partial charge >= 0.3 is 0 Å². The number of halogens is 3. The van der Waals surface area contributed by atoms with E-state index in [4.69, 9.17) is 0 Å². The van der Waals surface area contributed by atoms with E-state index in [1.54, 1.807) is 12.1 Å². The Morgan fingerprint density at radius 1 is 1.25 bits per heavy atom. The van der Waals surface area contributed by atoms with Crippen LogP contribution >= 0.6 is 31.9 Å². The normalized spacial score (nSPS) is 10.7. The summed E-state index contributed by atoms with van der Waals surface area (Å²) >= 11 is 6.67. The van der Waals surface area contributed by atoms with Crippen LogP contribution in [0.4, 0.5) is 10.2 Å². The molecule has 0 aliphatic rings. The molecular weight excluding hydrogens is 389 g/mol. The molecule has 0 saturated carbocycles. The summed E-state index contributed by atoms with van der Waals surface area (Å²) in [5.74, 6) is 1.03. The molecule has 0 bridgehead atoms. The largest absolute Gasteiger partial charge is 0.369 e. The third-order valence-electron chi connectivity index (χ3n) is 2.74. The third kappa shape index (κ3) is 3.35. The Labute approximate surface area is 134 Å². The van der Waals surface area contributed by atoms with Crippen molar-refractivity contribution < 1.29 is 4.39 Å². The minimum atomic E-state index is -0.299. The molecule has 1 N–H and O–H groups in total. The van der Waals surface area contributed by atoms with E-state index in [-0.39, 0.29) is 5.82 Å². The Balaban J connectivity index is 2.45. The highest BCUT2D eigenvalue weighted by Crippen LogP contribution is 2.28. The van der Waals surface area contributed by atoms with Crippen LogP contribution in [-0.2, 0) is 0 Å². The Morgan fingerprint density at radius 2 is 2.00 bits per heavy atom. The summed E-state index contributed by atoms with van der Waals surface area (Å²) in [7, 11) is 0. The second-order valence-electron chi connectivity index (χ2n) is 4.35. The number of rotatable bonds is 4. The maximum atomic E-state index is 13.3. The number of aromatic nitrogens is 2. The van der Waals surface area contributed by atoms with Gasteiger partial charge < -0.3 is 5.32 Å². The standard InChI is InChI=1S/C14H14Br2FN3/c1-3-6-18-14-12(16)8(2)19-13(20-14)9-4-5-11(17)10(15)7-9/h4-5,7H,3,6H2,1-2H3,(H,18,19,20). The lowest BCUT2D eigenvalue weighted by Gasteiger charge is -2.11. The molecule has 2 aromatic rings. The Bertz CT molecular complexity index is 632. The number of hydrogen-bond acceptors (Lipinski definition) is 3. The topological polar surface area (TPSA) is 37.8 Å². The smallest absolute Gasteiger partial charge is 0.161 e. The summed E-state index contributed by atoms with van der Waals surface area (Å²) in [6, 6.07) is 4.76. The molecule has 0 unspecified atom stereocenters. The molecule has 0 atom stereocenters. The Kier molecular flexibility index (Phi) is 5.10. The van der Waals surface area contributed by atoms with Crippen molar-refractivity contribution in [2.45, 2.75) is 20.3 Å². The van der Waals surface area contributed by atoms with Gasteiger partial charge in [-0.2, -0.15) is 0 Å². The molecule has 2 rings (SSSR count). The molecule has 0 amide bonds. The van der Waals surface area contributed by atoms with Crippen molar-refractivity contribution in [3.8, 4) is 11.4 Å². The molecule has 106 valence electrons. The molecule has 1 aromatic carbocycles. The second-order valence-corrected chi connectivity index (χ2v) is 6.00. The van der Waals surface area contributed by atoms with Gasteiger partial charge in [-0.25, -0.2) is 14.4 Å². The van der Waals surface area contributed by atoms with Gasteiger partial charge in [0.25, 0.3) is 0 Å². The third-order valence-corrected chi connectivity index (χ3v) is 4.29. The highest BCUT2D eigenvalue weighted by molar-refractivity contribution is 9.11. The van der Waals surface area contributed by atoms with Crippen molar-refractivity contribution in [2.24, 2.45) is 0 Å². The van der Waals surface area contributed by atoms with Gasteiger partial charge in [0.05, 0.1) is 14.6 Å². The predicted octanol–water partition coefficient (Wildman–Crippen LogP) is 4.94. The van der Waals surface area contributed by atoms with Crippen molar-refractivity contribution in [3.63, 3.8) is 0 Å². The van der Waals surface area contributed by atoms with Crippen LogP contribution in [0.15, 0.2) is 27.1 Å². The lowest BCUT2D eigenvalue weighted by molar-refractivity contribution is 0.621. The maximum Gasteiger partial charge on any atom is 0.161 e. The van der Waals surface area contributed by atoms with E-state index in [1.807, 2.05) is 6.92 Å². The van der Waals surface area contributed by atoms with Gasteiger partial charge in [0.2, 0.25) is 0 Å². The van der Waals surface area contributed by atoms with Gasteiger partial charge in [-0.1, -0.05) is 6.92 Å². The molecule has 20 heavy (non-hydrogen) atoms. The highest BCUT2D eigenvalue weighted by atomic mass is 79.9. The first-order chi connectivity index (χ1) is 9.52. The first-order valence-corrected chi connectivity index (χ1v) is 7.85. The van der Waals surface area contributed by atoms with Crippen molar-refractivity contribution in [3.05, 3.63) is 38.7 Å². The average molecular weight is 403 g/mol. The number of anilines is 1. The molecule has 0 aliphatic carbocycles. The number of benzene rings is 1. The van der Waals surface area contributed by atoms with Gasteiger partial charge in [0, 0.05) is 12.1 Å². The lowest BCUT2D eigenvalue weighted by atomic mass is 10.2. The van der Waals surface area contributed by atoms with Crippen LogP contribution in [0.3, 0.4) is 0 Å². The highest BCUT2D eigenvalue weighted by Gasteiger charge is 2.11. The van der Waals surface area contributed by atoms with E-state index in [0.29, 0.717) is 10.3 Å². The molecule has 3 nitrogen and oxygen atoms in total. The van der Waals surface area contributed by atoms with E-state index in [1.165, 1.54) is 6.07 Å². The van der Waals surface area contributed by atoms with Crippen LogP contribution in [0.1, 0.15) is 19.0 Å². The number of nitrogens with one attached hydrogen (secondary N) is 1. The average Bonchev–Trinajstić information content (AvgIpc) is 2.43. The maximum absolute atomic E-state index is 13.3. The molecule has 0 saturated heterocycles. The zero-order valence-corrected chi connectivity index (χ0v) is 14.3. The fourth-order valence-corrected chi connectivity index (χ4v) is 2.38. The quantitative estimate of drug-likeness (QED) is 0.787. The van der Waals surface area contributed by atoms with Crippen molar-refractivity contribution in [2.75, 3.05) is 11.9 Å². The molecule has 0 fully saturated rings. The summed E-state index contributed by atoms with van der Waals surface area (Å²) < 4.78 is 14.6. The Hall–Kier alpha value is -1.01. The van der Waals surface area contributed by atoms with E-state index >= 15 is 0 Å². The predicted molar refractivity (Wildman–Crippen MR) is 86.3 cm³/mol. The van der Waals surface area contributed by atoms with E-state index in [0.717, 1.165) is 34.5 Å². The fraction of sp³-hybridized carbons (Fsp3) is 0.286. The minimum Gasteiger partial charge on any atom is -0.369 e. The van der Waals surface area contributed by atoms with Crippen LogP contribution < -0.4 is 5.32 Å². The van der Waals surface area contributed by atoms with Crippen LogP contribution in [0, 0.1) is 12.7 Å². The zero-order chi connectivity index (χ0) is 14.7. The minimum absolute atomic E-state index is 0.299. The second kappa shape index (κ2) is 6.63. The monoisotopic (exact) mass is 401 g/mol. The summed E-state index contributed by atoms with van der Waals surface area (Å²) in [6.07, 6.45) is 1.01. The molecule has 0 radical (unpaired) electrons. The summed E-state index contributed by atoms with van der Waals surface area (Å²) in [4.78, 5) is 8.94. The van der Waals surface area contributed by atoms with Crippen molar-refractivity contribution in [1.29, 1.82) is 0 Å². The SMILES string of the molecule is CCCNc1nc(-c2ccc(F)c(Br)c2)nc(C)c1Br.